The molecule has 2 N–H and O–H groups in total. The number of nitrogens with two attached hydrogens (primary N) is 1. The molecule has 0 fully saturated rings. The molecule has 0 amide bonds. The highest BCUT2D eigenvalue weighted by atomic mass is 15.2. The van der Waals surface area contributed by atoms with Crippen LogP contribution in [0, 0.1) is 0 Å². The molecule has 0 saturated carbocycles. The third-order valence-electron chi connectivity index (χ3n) is 3.94. The van der Waals surface area contributed by atoms with Crippen molar-refractivity contribution in [1.82, 2.24) is 4.90 Å². The van der Waals surface area contributed by atoms with E-state index in [0.29, 0.717) is 12.6 Å². The van der Waals surface area contributed by atoms with Crippen molar-refractivity contribution in [2.75, 3.05) is 13.1 Å². The van der Waals surface area contributed by atoms with Crippen LogP contribution in [0.4, 0.5) is 0 Å². The van der Waals surface area contributed by atoms with E-state index >= 15 is 0 Å². The number of benzene rings is 2. The Balaban J connectivity index is 1.95. The fourth-order valence-corrected chi connectivity index (χ4v) is 2.64. The molecule has 2 heteroatoms. The third-order valence-corrected chi connectivity index (χ3v) is 3.94. The van der Waals surface area contributed by atoms with E-state index in [9.17, 15) is 0 Å². The van der Waals surface area contributed by atoms with E-state index in [1.165, 1.54) is 11.1 Å². The van der Waals surface area contributed by atoms with Gasteiger partial charge in [0.1, 0.15) is 0 Å². The average molecular weight is 294 g/mol. The van der Waals surface area contributed by atoms with Gasteiger partial charge in [0.15, 0.2) is 0 Å². The lowest BCUT2D eigenvalue weighted by atomic mass is 10.1. The van der Waals surface area contributed by atoms with Crippen LogP contribution >= 0.6 is 0 Å². The highest BCUT2D eigenvalue weighted by molar-refractivity contribution is 5.48. The highest BCUT2D eigenvalue weighted by Crippen LogP contribution is 2.12. The Morgan fingerprint density at radius 2 is 1.64 bits per heavy atom. The van der Waals surface area contributed by atoms with Gasteiger partial charge in [-0.3, -0.25) is 4.90 Å². The summed E-state index contributed by atoms with van der Waals surface area (Å²) in [6, 6.07) is 21.4. The quantitative estimate of drug-likeness (QED) is 0.799. The molecule has 22 heavy (non-hydrogen) atoms. The molecule has 0 aromatic heterocycles. The van der Waals surface area contributed by atoms with Gasteiger partial charge in [0, 0.05) is 19.1 Å². The average Bonchev–Trinajstić information content (AvgIpc) is 2.59. The Morgan fingerprint density at radius 1 is 1.00 bits per heavy atom. The first-order valence-corrected chi connectivity index (χ1v) is 8.03. The van der Waals surface area contributed by atoms with Gasteiger partial charge in [-0.1, -0.05) is 79.7 Å². The van der Waals surface area contributed by atoms with Crippen molar-refractivity contribution in [2.24, 2.45) is 5.73 Å². The van der Waals surface area contributed by atoms with Gasteiger partial charge in [0.05, 0.1) is 0 Å². The van der Waals surface area contributed by atoms with Crippen molar-refractivity contribution in [3.8, 4) is 0 Å². The molecule has 2 nitrogen and oxygen atoms in total. The molecule has 2 aromatic rings. The molecule has 2 rings (SSSR count). The van der Waals surface area contributed by atoms with Crippen LogP contribution in [0.1, 0.15) is 24.5 Å². The Labute approximate surface area is 134 Å². The predicted octanol–water partition coefficient (Wildman–Crippen LogP) is 3.94. The Morgan fingerprint density at radius 3 is 2.23 bits per heavy atom. The summed E-state index contributed by atoms with van der Waals surface area (Å²) in [6.07, 6.45) is 5.39. The van der Waals surface area contributed by atoms with Crippen molar-refractivity contribution in [3.05, 3.63) is 77.9 Å². The van der Waals surface area contributed by atoms with Crippen LogP contribution in [0.3, 0.4) is 0 Å². The second kappa shape index (κ2) is 9.19. The zero-order chi connectivity index (χ0) is 15.6. The monoisotopic (exact) mass is 294 g/mol. The normalized spacial score (nSPS) is 12.9. The Bertz CT molecular complexity index is 548. The van der Waals surface area contributed by atoms with Crippen LogP contribution in [0.5, 0.6) is 0 Å². The second-order valence-corrected chi connectivity index (χ2v) is 5.49. The Kier molecular flexibility index (Phi) is 6.88. The van der Waals surface area contributed by atoms with Gasteiger partial charge in [-0.25, -0.2) is 0 Å². The topological polar surface area (TPSA) is 29.3 Å². The largest absolute Gasteiger partial charge is 0.329 e. The van der Waals surface area contributed by atoms with Gasteiger partial charge in [0.2, 0.25) is 0 Å². The lowest BCUT2D eigenvalue weighted by Gasteiger charge is -2.29. The van der Waals surface area contributed by atoms with E-state index in [2.05, 4.69) is 78.6 Å². The predicted molar refractivity (Wildman–Crippen MR) is 95.5 cm³/mol. The zero-order valence-corrected chi connectivity index (χ0v) is 13.4. The van der Waals surface area contributed by atoms with Gasteiger partial charge in [-0.05, 0) is 24.1 Å². The van der Waals surface area contributed by atoms with Crippen LogP contribution < -0.4 is 5.73 Å². The van der Waals surface area contributed by atoms with Gasteiger partial charge >= 0.3 is 0 Å². The molecule has 0 radical (unpaired) electrons. The molecule has 0 bridgehead atoms. The number of nitrogens with zero attached hydrogens (tertiary/aromatic N) is 1. The number of likely N-dealkylation sites (N-methyl/N-ethyl adjacent to an activating group) is 1. The lowest BCUT2D eigenvalue weighted by Crippen LogP contribution is -2.39. The highest BCUT2D eigenvalue weighted by Gasteiger charge is 2.14. The van der Waals surface area contributed by atoms with Crippen LogP contribution in [0.15, 0.2) is 66.7 Å². The first kappa shape index (κ1) is 16.5. The third kappa shape index (κ3) is 5.14. The first-order valence-electron chi connectivity index (χ1n) is 8.03. The maximum atomic E-state index is 6.01. The van der Waals surface area contributed by atoms with Crippen LogP contribution in [-0.4, -0.2) is 24.0 Å². The molecule has 0 aliphatic rings. The maximum Gasteiger partial charge on any atom is 0.0256 e. The molecule has 1 atom stereocenters. The summed E-state index contributed by atoms with van der Waals surface area (Å²) in [5.74, 6) is 0. The van der Waals surface area contributed by atoms with Crippen LogP contribution in [0.25, 0.3) is 6.08 Å². The standard InChI is InChI=1S/C20H26N2/c1-2-22(17-19-12-7-4-8-13-19)20(16-21)15-9-14-18-10-5-3-6-11-18/h3-14,20H,2,15-17,21H2,1H3/b14-9-. The minimum atomic E-state index is 0.380. The fraction of sp³-hybridized carbons (Fsp3) is 0.300. The zero-order valence-electron chi connectivity index (χ0n) is 13.4. The maximum absolute atomic E-state index is 6.01. The summed E-state index contributed by atoms with van der Waals surface area (Å²) in [7, 11) is 0. The summed E-state index contributed by atoms with van der Waals surface area (Å²) in [5.41, 5.74) is 8.59. The molecule has 0 aliphatic heterocycles. The van der Waals surface area contributed by atoms with Crippen molar-refractivity contribution in [1.29, 1.82) is 0 Å². The molecular weight excluding hydrogens is 268 g/mol. The minimum Gasteiger partial charge on any atom is -0.329 e. The smallest absolute Gasteiger partial charge is 0.0256 e. The molecule has 2 aromatic carbocycles. The fourth-order valence-electron chi connectivity index (χ4n) is 2.64. The molecule has 0 spiro atoms. The van der Waals surface area contributed by atoms with Crippen molar-refractivity contribution < 1.29 is 0 Å². The van der Waals surface area contributed by atoms with Crippen molar-refractivity contribution in [3.63, 3.8) is 0 Å². The number of hydrogen-bond donors (Lipinski definition) is 1. The summed E-state index contributed by atoms with van der Waals surface area (Å²) in [5, 5.41) is 0. The SMILES string of the molecule is CCN(Cc1ccccc1)C(CN)C/C=C\c1ccccc1. The molecule has 1 unspecified atom stereocenters. The molecule has 0 saturated heterocycles. The molecular formula is C20H26N2. The van der Waals surface area contributed by atoms with Crippen LogP contribution in [0.2, 0.25) is 0 Å². The van der Waals surface area contributed by atoms with Gasteiger partial charge in [-0.2, -0.15) is 0 Å². The van der Waals surface area contributed by atoms with E-state index in [-0.39, 0.29) is 0 Å². The van der Waals surface area contributed by atoms with Gasteiger partial charge in [0.25, 0.3) is 0 Å². The summed E-state index contributed by atoms with van der Waals surface area (Å²) in [4.78, 5) is 2.45. The second-order valence-electron chi connectivity index (χ2n) is 5.49. The van der Waals surface area contributed by atoms with Crippen LogP contribution in [-0.2, 0) is 6.54 Å². The molecule has 0 aliphatic carbocycles. The Hall–Kier alpha value is -1.90. The van der Waals surface area contributed by atoms with Crippen molar-refractivity contribution in [2.45, 2.75) is 25.9 Å². The lowest BCUT2D eigenvalue weighted by molar-refractivity contribution is 0.203. The van der Waals surface area contributed by atoms with Crippen molar-refractivity contribution >= 4 is 6.08 Å². The number of hydrogen-bond acceptors (Lipinski definition) is 2. The van der Waals surface area contributed by atoms with E-state index in [1.54, 1.807) is 0 Å². The van der Waals surface area contributed by atoms with E-state index in [1.807, 2.05) is 6.07 Å². The molecule has 0 heterocycles. The van der Waals surface area contributed by atoms with E-state index < -0.39 is 0 Å². The summed E-state index contributed by atoms with van der Waals surface area (Å²) >= 11 is 0. The van der Waals surface area contributed by atoms with Gasteiger partial charge in [-0.15, -0.1) is 0 Å². The summed E-state index contributed by atoms with van der Waals surface area (Å²) < 4.78 is 0. The molecule has 116 valence electrons. The first-order chi connectivity index (χ1) is 10.8. The summed E-state index contributed by atoms with van der Waals surface area (Å²) in [6.45, 7) is 4.85. The van der Waals surface area contributed by atoms with E-state index in [0.717, 1.165) is 19.5 Å². The number of rotatable bonds is 8. The van der Waals surface area contributed by atoms with Gasteiger partial charge < -0.3 is 5.73 Å². The minimum absolute atomic E-state index is 0.380. The van der Waals surface area contributed by atoms with E-state index in [4.69, 9.17) is 5.73 Å².